The number of benzene rings is 1. The SMILES string of the molecule is C[C@H](Nc1ccn(-c2ccccc2Cl)n1)C(N)=O. The highest BCUT2D eigenvalue weighted by Gasteiger charge is 2.10. The van der Waals surface area contributed by atoms with Crippen molar-refractivity contribution in [2.45, 2.75) is 13.0 Å². The summed E-state index contributed by atoms with van der Waals surface area (Å²) in [5, 5.41) is 7.78. The molecule has 94 valence electrons. The predicted octanol–water partition coefficient (Wildman–Crippen LogP) is 1.81. The maximum Gasteiger partial charge on any atom is 0.239 e. The van der Waals surface area contributed by atoms with Crippen molar-refractivity contribution >= 4 is 23.3 Å². The summed E-state index contributed by atoms with van der Waals surface area (Å²) in [4.78, 5) is 10.9. The zero-order chi connectivity index (χ0) is 13.1. The first-order valence-electron chi connectivity index (χ1n) is 5.44. The van der Waals surface area contributed by atoms with Gasteiger partial charge in [0.15, 0.2) is 0 Å². The second kappa shape index (κ2) is 5.10. The topological polar surface area (TPSA) is 72.9 Å². The summed E-state index contributed by atoms with van der Waals surface area (Å²) in [6.45, 7) is 1.68. The fourth-order valence-corrected chi connectivity index (χ4v) is 1.69. The Kier molecular flexibility index (Phi) is 3.53. The summed E-state index contributed by atoms with van der Waals surface area (Å²) in [6.07, 6.45) is 1.76. The van der Waals surface area contributed by atoms with Crippen molar-refractivity contribution in [3.05, 3.63) is 41.6 Å². The lowest BCUT2D eigenvalue weighted by atomic mass is 10.3. The molecule has 0 fully saturated rings. The Morgan fingerprint density at radius 1 is 1.44 bits per heavy atom. The van der Waals surface area contributed by atoms with Crippen molar-refractivity contribution in [3.8, 4) is 5.69 Å². The average Bonchev–Trinajstić information content (AvgIpc) is 2.77. The molecule has 1 heterocycles. The van der Waals surface area contributed by atoms with E-state index >= 15 is 0 Å². The summed E-state index contributed by atoms with van der Waals surface area (Å²) in [6, 6.07) is 8.66. The molecule has 2 aromatic rings. The van der Waals surface area contributed by atoms with E-state index < -0.39 is 11.9 Å². The van der Waals surface area contributed by atoms with Crippen LogP contribution in [0.2, 0.25) is 5.02 Å². The van der Waals surface area contributed by atoms with E-state index in [1.54, 1.807) is 29.9 Å². The van der Waals surface area contributed by atoms with Crippen LogP contribution in [0.5, 0.6) is 0 Å². The monoisotopic (exact) mass is 264 g/mol. The molecule has 0 saturated heterocycles. The van der Waals surface area contributed by atoms with Crippen LogP contribution in [0.3, 0.4) is 0 Å². The molecule has 2 rings (SSSR count). The second-order valence-electron chi connectivity index (χ2n) is 3.87. The highest BCUT2D eigenvalue weighted by atomic mass is 35.5. The van der Waals surface area contributed by atoms with Crippen LogP contribution in [0.25, 0.3) is 5.69 Å². The van der Waals surface area contributed by atoms with Crippen LogP contribution < -0.4 is 11.1 Å². The van der Waals surface area contributed by atoms with E-state index in [9.17, 15) is 4.79 Å². The molecular formula is C12H13ClN4O. The zero-order valence-electron chi connectivity index (χ0n) is 9.80. The maximum absolute atomic E-state index is 10.9. The Bertz CT molecular complexity index is 567. The van der Waals surface area contributed by atoms with Gasteiger partial charge in [-0.2, -0.15) is 5.10 Å². The lowest BCUT2D eigenvalue weighted by Crippen LogP contribution is -2.32. The number of nitrogens with two attached hydrogens (primary N) is 1. The van der Waals surface area contributed by atoms with Crippen molar-refractivity contribution in [1.82, 2.24) is 9.78 Å². The van der Waals surface area contributed by atoms with E-state index in [4.69, 9.17) is 17.3 Å². The van der Waals surface area contributed by atoms with Crippen LogP contribution in [0.4, 0.5) is 5.82 Å². The molecule has 6 heteroatoms. The molecule has 18 heavy (non-hydrogen) atoms. The lowest BCUT2D eigenvalue weighted by molar-refractivity contribution is -0.118. The molecule has 0 aliphatic rings. The van der Waals surface area contributed by atoms with Crippen LogP contribution in [-0.2, 0) is 4.79 Å². The van der Waals surface area contributed by atoms with E-state index in [1.807, 2.05) is 18.2 Å². The maximum atomic E-state index is 10.9. The summed E-state index contributed by atoms with van der Waals surface area (Å²) in [5.74, 6) is 0.142. The quantitative estimate of drug-likeness (QED) is 0.885. The molecule has 1 aromatic carbocycles. The van der Waals surface area contributed by atoms with Gasteiger partial charge in [-0.15, -0.1) is 0 Å². The summed E-state index contributed by atoms with van der Waals surface area (Å²) in [5.41, 5.74) is 5.95. The van der Waals surface area contributed by atoms with E-state index in [-0.39, 0.29) is 0 Å². The Morgan fingerprint density at radius 2 is 2.17 bits per heavy atom. The van der Waals surface area contributed by atoms with Gasteiger partial charge in [0.05, 0.1) is 10.7 Å². The van der Waals surface area contributed by atoms with Crippen molar-refractivity contribution in [2.75, 3.05) is 5.32 Å². The number of para-hydroxylation sites is 1. The van der Waals surface area contributed by atoms with Gasteiger partial charge < -0.3 is 11.1 Å². The first kappa shape index (κ1) is 12.4. The van der Waals surface area contributed by atoms with Crippen molar-refractivity contribution in [3.63, 3.8) is 0 Å². The average molecular weight is 265 g/mol. The molecule has 0 saturated carbocycles. The van der Waals surface area contributed by atoms with Crippen molar-refractivity contribution in [2.24, 2.45) is 5.73 Å². The zero-order valence-corrected chi connectivity index (χ0v) is 10.6. The van der Waals surface area contributed by atoms with Crippen molar-refractivity contribution in [1.29, 1.82) is 0 Å². The fourth-order valence-electron chi connectivity index (χ4n) is 1.47. The molecular weight excluding hydrogens is 252 g/mol. The molecule has 1 amide bonds. The minimum atomic E-state index is -0.473. The van der Waals surface area contributed by atoms with E-state index in [0.29, 0.717) is 10.8 Å². The number of halogens is 1. The van der Waals surface area contributed by atoms with Gasteiger partial charge in [-0.3, -0.25) is 4.79 Å². The van der Waals surface area contributed by atoms with Gasteiger partial charge in [0.1, 0.15) is 11.9 Å². The summed E-state index contributed by atoms with van der Waals surface area (Å²) >= 11 is 6.07. The third kappa shape index (κ3) is 2.62. The largest absolute Gasteiger partial charge is 0.368 e. The van der Waals surface area contributed by atoms with Crippen LogP contribution in [0, 0.1) is 0 Å². The molecule has 3 N–H and O–H groups in total. The number of primary amides is 1. The van der Waals surface area contributed by atoms with Crippen LogP contribution in [0.15, 0.2) is 36.5 Å². The molecule has 0 spiro atoms. The Morgan fingerprint density at radius 3 is 2.83 bits per heavy atom. The summed E-state index contributed by atoms with van der Waals surface area (Å²) in [7, 11) is 0. The Labute approximate surface area is 110 Å². The number of carbonyl (C=O) groups is 1. The fraction of sp³-hybridized carbons (Fsp3) is 0.167. The number of rotatable bonds is 4. The van der Waals surface area contributed by atoms with Crippen LogP contribution >= 0.6 is 11.6 Å². The molecule has 1 atom stereocenters. The van der Waals surface area contributed by atoms with Gasteiger partial charge in [-0.05, 0) is 19.1 Å². The standard InChI is InChI=1S/C12H13ClN4O/c1-8(12(14)18)15-11-6-7-17(16-11)10-5-3-2-4-9(10)13/h2-8H,1H3,(H2,14,18)(H,15,16)/t8-/m0/s1. The van der Waals surface area contributed by atoms with Gasteiger partial charge in [0, 0.05) is 12.3 Å². The van der Waals surface area contributed by atoms with Crippen LogP contribution in [0.1, 0.15) is 6.92 Å². The predicted molar refractivity (Wildman–Crippen MR) is 70.9 cm³/mol. The van der Waals surface area contributed by atoms with Gasteiger partial charge in [-0.25, -0.2) is 4.68 Å². The van der Waals surface area contributed by atoms with Gasteiger partial charge in [0.2, 0.25) is 5.91 Å². The van der Waals surface area contributed by atoms with Gasteiger partial charge in [-0.1, -0.05) is 23.7 Å². The third-order valence-corrected chi connectivity index (χ3v) is 2.80. The lowest BCUT2D eigenvalue weighted by Gasteiger charge is -2.08. The molecule has 0 aliphatic heterocycles. The number of amides is 1. The number of carbonyl (C=O) groups excluding carboxylic acids is 1. The second-order valence-corrected chi connectivity index (χ2v) is 4.27. The smallest absolute Gasteiger partial charge is 0.239 e. The molecule has 0 bridgehead atoms. The number of hydrogen-bond donors (Lipinski definition) is 2. The number of aromatic nitrogens is 2. The molecule has 1 aromatic heterocycles. The number of hydrogen-bond acceptors (Lipinski definition) is 3. The number of anilines is 1. The van der Waals surface area contributed by atoms with Crippen LogP contribution in [-0.4, -0.2) is 21.7 Å². The van der Waals surface area contributed by atoms with Gasteiger partial charge >= 0.3 is 0 Å². The first-order chi connectivity index (χ1) is 8.58. The van der Waals surface area contributed by atoms with Gasteiger partial charge in [0.25, 0.3) is 0 Å². The van der Waals surface area contributed by atoms with Crippen molar-refractivity contribution < 1.29 is 4.79 Å². The normalized spacial score (nSPS) is 12.1. The number of nitrogens with zero attached hydrogens (tertiary/aromatic N) is 2. The Hall–Kier alpha value is -2.01. The summed E-state index contributed by atoms with van der Waals surface area (Å²) < 4.78 is 1.64. The molecule has 0 aliphatic carbocycles. The highest BCUT2D eigenvalue weighted by molar-refractivity contribution is 6.32. The molecule has 5 nitrogen and oxygen atoms in total. The Balaban J connectivity index is 2.21. The molecule has 0 radical (unpaired) electrons. The minimum absolute atomic E-state index is 0.428. The third-order valence-electron chi connectivity index (χ3n) is 2.48. The first-order valence-corrected chi connectivity index (χ1v) is 5.82. The number of nitrogens with one attached hydrogen (secondary N) is 1. The van der Waals surface area contributed by atoms with E-state index in [2.05, 4.69) is 10.4 Å². The minimum Gasteiger partial charge on any atom is -0.368 e. The molecule has 0 unspecified atom stereocenters. The van der Waals surface area contributed by atoms with E-state index in [1.165, 1.54) is 0 Å². The van der Waals surface area contributed by atoms with E-state index in [0.717, 1.165) is 5.69 Å². The highest BCUT2D eigenvalue weighted by Crippen LogP contribution is 2.20.